The number of sulfone groups is 1. The number of amides is 1. The lowest BCUT2D eigenvalue weighted by atomic mass is 10.1. The van der Waals surface area contributed by atoms with E-state index >= 15 is 0 Å². The molecule has 0 unspecified atom stereocenters. The first kappa shape index (κ1) is 16.2. The number of halogens is 1. The number of carbonyl (C=O) groups is 1. The number of nitrogens with zero attached hydrogens (tertiary/aromatic N) is 2. The summed E-state index contributed by atoms with van der Waals surface area (Å²) in [4.78, 5) is 17.2. The molecule has 0 bridgehead atoms. The van der Waals surface area contributed by atoms with Crippen LogP contribution in [0.5, 0.6) is 0 Å². The first-order chi connectivity index (χ1) is 10.4. The van der Waals surface area contributed by atoms with E-state index in [1.54, 1.807) is 12.1 Å². The Hall–Kier alpha value is -0.630. The molecule has 0 atom stereocenters. The molecule has 1 amide bonds. The van der Waals surface area contributed by atoms with Crippen LogP contribution in [0.4, 0.5) is 0 Å². The van der Waals surface area contributed by atoms with Crippen LogP contribution in [0.3, 0.4) is 0 Å². The predicted molar refractivity (Wildman–Crippen MR) is 88.5 cm³/mol. The van der Waals surface area contributed by atoms with E-state index in [1.165, 1.54) is 11.3 Å². The van der Waals surface area contributed by atoms with Crippen LogP contribution in [0, 0.1) is 0 Å². The summed E-state index contributed by atoms with van der Waals surface area (Å²) in [5.74, 6) is 0.637. The van der Waals surface area contributed by atoms with Gasteiger partial charge in [0.15, 0.2) is 0 Å². The second kappa shape index (κ2) is 6.47. The lowest BCUT2D eigenvalue weighted by molar-refractivity contribution is 0.0562. The molecule has 122 valence electrons. The minimum atomic E-state index is -2.81. The molecule has 8 heteroatoms. The Bertz CT molecular complexity index is 637. The van der Waals surface area contributed by atoms with Gasteiger partial charge in [0.2, 0.25) is 0 Å². The Labute approximate surface area is 139 Å². The van der Waals surface area contributed by atoms with Crippen molar-refractivity contribution in [3.63, 3.8) is 0 Å². The van der Waals surface area contributed by atoms with E-state index in [0.29, 0.717) is 39.9 Å². The maximum absolute atomic E-state index is 12.4. The summed E-state index contributed by atoms with van der Waals surface area (Å²) in [6.07, 6.45) is 1.44. The van der Waals surface area contributed by atoms with Gasteiger partial charge in [-0.25, -0.2) is 8.42 Å². The van der Waals surface area contributed by atoms with Gasteiger partial charge in [0, 0.05) is 32.2 Å². The monoisotopic (exact) mass is 362 g/mol. The van der Waals surface area contributed by atoms with Crippen molar-refractivity contribution in [3.8, 4) is 0 Å². The first-order valence-corrected chi connectivity index (χ1v) is 10.5. The van der Waals surface area contributed by atoms with Gasteiger partial charge in [-0.2, -0.15) is 0 Å². The van der Waals surface area contributed by atoms with E-state index in [1.807, 2.05) is 4.90 Å². The zero-order valence-electron chi connectivity index (χ0n) is 12.2. The van der Waals surface area contributed by atoms with Gasteiger partial charge in [-0.1, -0.05) is 11.6 Å². The normalized spacial score (nSPS) is 23.6. The average molecular weight is 363 g/mol. The number of hydrogen-bond acceptors (Lipinski definition) is 5. The molecule has 5 nitrogen and oxygen atoms in total. The first-order valence-electron chi connectivity index (χ1n) is 7.44. The van der Waals surface area contributed by atoms with Crippen molar-refractivity contribution in [1.29, 1.82) is 0 Å². The number of hydrogen-bond donors (Lipinski definition) is 0. The molecule has 1 aromatic heterocycles. The standard InChI is InChI=1S/C14H19ClN2O3S2/c15-13-2-1-12(21-13)14(18)17-7-5-16(6-8-17)11-3-9-22(19,20)10-4-11/h1-2,11H,3-10H2. The highest BCUT2D eigenvalue weighted by atomic mass is 35.5. The Morgan fingerprint density at radius 2 is 1.77 bits per heavy atom. The van der Waals surface area contributed by atoms with Crippen LogP contribution in [0.2, 0.25) is 4.34 Å². The van der Waals surface area contributed by atoms with Crippen LogP contribution in [-0.2, 0) is 9.84 Å². The van der Waals surface area contributed by atoms with Crippen molar-refractivity contribution >= 4 is 38.7 Å². The van der Waals surface area contributed by atoms with Gasteiger partial charge in [0.05, 0.1) is 20.7 Å². The second-order valence-corrected chi connectivity index (χ2v) is 9.83. The summed E-state index contributed by atoms with van der Waals surface area (Å²) >= 11 is 7.19. The molecule has 0 saturated carbocycles. The van der Waals surface area contributed by atoms with Crippen molar-refractivity contribution in [2.24, 2.45) is 0 Å². The van der Waals surface area contributed by atoms with Crippen molar-refractivity contribution in [2.45, 2.75) is 18.9 Å². The van der Waals surface area contributed by atoms with Crippen LogP contribution in [0.1, 0.15) is 22.5 Å². The number of piperazine rings is 1. The van der Waals surface area contributed by atoms with Crippen LogP contribution in [0.25, 0.3) is 0 Å². The molecular weight excluding hydrogens is 344 g/mol. The summed E-state index contributed by atoms with van der Waals surface area (Å²) in [5.41, 5.74) is 0. The average Bonchev–Trinajstić information content (AvgIpc) is 2.93. The fourth-order valence-corrected chi connectivity index (χ4v) is 5.60. The molecular formula is C14H19ClN2O3S2. The van der Waals surface area contributed by atoms with E-state index in [0.717, 1.165) is 25.9 Å². The molecule has 22 heavy (non-hydrogen) atoms. The quantitative estimate of drug-likeness (QED) is 0.804. The highest BCUT2D eigenvalue weighted by Crippen LogP contribution is 2.24. The van der Waals surface area contributed by atoms with E-state index in [-0.39, 0.29) is 5.91 Å². The predicted octanol–water partition coefficient (Wildman–Crippen LogP) is 1.74. The van der Waals surface area contributed by atoms with Crippen LogP contribution >= 0.6 is 22.9 Å². The Kier molecular flexibility index (Phi) is 4.77. The molecule has 0 aliphatic carbocycles. The van der Waals surface area contributed by atoms with Gasteiger partial charge in [0.1, 0.15) is 9.84 Å². The molecule has 2 saturated heterocycles. The third-order valence-corrected chi connectivity index (χ3v) is 7.36. The summed E-state index contributed by atoms with van der Waals surface area (Å²) in [7, 11) is -2.81. The molecule has 0 N–H and O–H groups in total. The summed E-state index contributed by atoms with van der Waals surface area (Å²) in [5, 5.41) is 0. The third-order valence-electron chi connectivity index (χ3n) is 4.43. The lowest BCUT2D eigenvalue weighted by Gasteiger charge is -2.40. The Morgan fingerprint density at radius 1 is 1.14 bits per heavy atom. The molecule has 0 aromatic carbocycles. The SMILES string of the molecule is O=C(c1ccc(Cl)s1)N1CCN(C2CCS(=O)(=O)CC2)CC1. The van der Waals surface area contributed by atoms with Crippen LogP contribution < -0.4 is 0 Å². The largest absolute Gasteiger partial charge is 0.335 e. The highest BCUT2D eigenvalue weighted by Gasteiger charge is 2.31. The molecule has 2 fully saturated rings. The summed E-state index contributed by atoms with van der Waals surface area (Å²) < 4.78 is 23.6. The minimum absolute atomic E-state index is 0.0442. The van der Waals surface area contributed by atoms with E-state index in [2.05, 4.69) is 4.90 Å². The zero-order valence-corrected chi connectivity index (χ0v) is 14.6. The maximum atomic E-state index is 12.4. The Morgan fingerprint density at radius 3 is 2.32 bits per heavy atom. The van der Waals surface area contributed by atoms with Crippen molar-refractivity contribution < 1.29 is 13.2 Å². The van der Waals surface area contributed by atoms with Gasteiger partial charge in [0.25, 0.3) is 5.91 Å². The van der Waals surface area contributed by atoms with Gasteiger partial charge >= 0.3 is 0 Å². The maximum Gasteiger partial charge on any atom is 0.264 e. The van der Waals surface area contributed by atoms with Crippen LogP contribution in [-0.4, -0.2) is 67.9 Å². The fraction of sp³-hybridized carbons (Fsp3) is 0.643. The van der Waals surface area contributed by atoms with E-state index < -0.39 is 9.84 Å². The molecule has 2 aliphatic heterocycles. The number of carbonyl (C=O) groups excluding carboxylic acids is 1. The van der Waals surface area contributed by atoms with Crippen LogP contribution in [0.15, 0.2) is 12.1 Å². The summed E-state index contributed by atoms with van der Waals surface area (Å²) in [6, 6.07) is 3.86. The Balaban J connectivity index is 1.53. The fourth-order valence-electron chi connectivity index (χ4n) is 3.12. The van der Waals surface area contributed by atoms with E-state index in [9.17, 15) is 13.2 Å². The van der Waals surface area contributed by atoms with Crippen molar-refractivity contribution in [3.05, 3.63) is 21.3 Å². The smallest absolute Gasteiger partial charge is 0.264 e. The highest BCUT2D eigenvalue weighted by molar-refractivity contribution is 7.91. The minimum Gasteiger partial charge on any atom is -0.335 e. The summed E-state index contributed by atoms with van der Waals surface area (Å²) in [6.45, 7) is 3.01. The van der Waals surface area contributed by atoms with Gasteiger partial charge in [-0.05, 0) is 25.0 Å². The molecule has 0 radical (unpaired) electrons. The van der Waals surface area contributed by atoms with E-state index in [4.69, 9.17) is 11.6 Å². The molecule has 3 heterocycles. The number of rotatable bonds is 2. The third kappa shape index (κ3) is 3.64. The van der Waals surface area contributed by atoms with Crippen molar-refractivity contribution in [2.75, 3.05) is 37.7 Å². The van der Waals surface area contributed by atoms with Gasteiger partial charge in [-0.15, -0.1) is 11.3 Å². The van der Waals surface area contributed by atoms with Crippen molar-refractivity contribution in [1.82, 2.24) is 9.80 Å². The number of thiophene rings is 1. The van der Waals surface area contributed by atoms with Gasteiger partial charge < -0.3 is 4.90 Å². The topological polar surface area (TPSA) is 57.7 Å². The molecule has 3 rings (SSSR count). The zero-order chi connectivity index (χ0) is 15.7. The molecule has 2 aliphatic rings. The molecule has 1 aromatic rings. The lowest BCUT2D eigenvalue weighted by Crippen LogP contribution is -2.53. The second-order valence-electron chi connectivity index (χ2n) is 5.81. The van der Waals surface area contributed by atoms with Gasteiger partial charge in [-0.3, -0.25) is 9.69 Å². The molecule has 0 spiro atoms.